The van der Waals surface area contributed by atoms with Crippen molar-refractivity contribution in [2.24, 2.45) is 5.92 Å². The number of non-ortho nitro benzene ring substituents is 1. The quantitative estimate of drug-likeness (QED) is 0.377. The minimum atomic E-state index is -3.81. The van der Waals surface area contributed by atoms with E-state index in [1.807, 2.05) is 67.1 Å². The van der Waals surface area contributed by atoms with Gasteiger partial charge in [0.05, 0.1) is 16.4 Å². The highest BCUT2D eigenvalue weighted by Crippen LogP contribution is 2.23. The maximum absolute atomic E-state index is 13.3. The highest BCUT2D eigenvalue weighted by molar-refractivity contribution is 7.89. The second-order valence-corrected chi connectivity index (χ2v) is 9.49. The smallest absolute Gasteiger partial charge is 0.269 e. The van der Waals surface area contributed by atoms with Crippen LogP contribution in [-0.4, -0.2) is 28.8 Å². The van der Waals surface area contributed by atoms with Gasteiger partial charge in [0.2, 0.25) is 10.0 Å². The van der Waals surface area contributed by atoms with Crippen LogP contribution in [0.4, 0.5) is 5.69 Å². The van der Waals surface area contributed by atoms with E-state index in [0.29, 0.717) is 13.1 Å². The van der Waals surface area contributed by atoms with E-state index in [9.17, 15) is 18.5 Å². The third-order valence-corrected chi connectivity index (χ3v) is 6.54. The summed E-state index contributed by atoms with van der Waals surface area (Å²) in [4.78, 5) is 10.4. The van der Waals surface area contributed by atoms with Crippen LogP contribution in [0.5, 0.6) is 0 Å². The van der Waals surface area contributed by atoms with Gasteiger partial charge in [-0.2, -0.15) is 4.31 Å². The summed E-state index contributed by atoms with van der Waals surface area (Å²) in [6, 6.07) is 18.8. The molecule has 0 spiro atoms. The summed E-state index contributed by atoms with van der Waals surface area (Å²) in [7, 11) is -3.81. The third-order valence-electron chi connectivity index (χ3n) is 4.71. The lowest BCUT2D eigenvalue weighted by Gasteiger charge is -2.25. The molecule has 2 aromatic carbocycles. The molecule has 8 heteroatoms. The number of rotatable bonds is 9. The van der Waals surface area contributed by atoms with Crippen LogP contribution in [0.15, 0.2) is 77.8 Å². The van der Waals surface area contributed by atoms with Crippen LogP contribution < -0.4 is 0 Å². The molecule has 3 rings (SSSR count). The van der Waals surface area contributed by atoms with Gasteiger partial charge in [-0.25, -0.2) is 8.42 Å². The average Bonchev–Trinajstić information content (AvgIpc) is 3.14. The summed E-state index contributed by atoms with van der Waals surface area (Å²) in [5.74, 6) is 0.121. The monoisotopic (exact) mass is 427 g/mol. The molecular formula is C22H25N3O4S. The molecule has 0 saturated heterocycles. The van der Waals surface area contributed by atoms with Gasteiger partial charge in [0.15, 0.2) is 0 Å². The summed E-state index contributed by atoms with van der Waals surface area (Å²) in [6.45, 7) is 5.13. The van der Waals surface area contributed by atoms with Crippen molar-refractivity contribution in [3.05, 3.63) is 94.3 Å². The van der Waals surface area contributed by atoms with Crippen LogP contribution in [0.25, 0.3) is 0 Å². The highest BCUT2D eigenvalue weighted by atomic mass is 32.2. The first-order valence-electron chi connectivity index (χ1n) is 9.70. The Morgan fingerprint density at radius 3 is 2.27 bits per heavy atom. The van der Waals surface area contributed by atoms with E-state index in [1.54, 1.807) is 0 Å². The summed E-state index contributed by atoms with van der Waals surface area (Å²) in [5, 5.41) is 10.9. The van der Waals surface area contributed by atoms with E-state index in [1.165, 1.54) is 28.6 Å². The molecule has 0 atom stereocenters. The van der Waals surface area contributed by atoms with Gasteiger partial charge in [-0.15, -0.1) is 0 Å². The van der Waals surface area contributed by atoms with Gasteiger partial charge in [0.1, 0.15) is 0 Å². The zero-order valence-electron chi connectivity index (χ0n) is 17.0. The molecule has 0 aliphatic heterocycles. The van der Waals surface area contributed by atoms with E-state index >= 15 is 0 Å². The van der Waals surface area contributed by atoms with Crippen LogP contribution >= 0.6 is 0 Å². The predicted molar refractivity (Wildman–Crippen MR) is 116 cm³/mol. The number of sulfonamides is 1. The molecule has 0 unspecified atom stereocenters. The molecule has 0 bridgehead atoms. The van der Waals surface area contributed by atoms with E-state index in [-0.39, 0.29) is 23.0 Å². The lowest BCUT2D eigenvalue weighted by atomic mass is 10.2. The summed E-state index contributed by atoms with van der Waals surface area (Å²) in [6.07, 6.45) is 1.94. The Bertz CT molecular complexity index is 1090. The maximum Gasteiger partial charge on any atom is 0.269 e. The van der Waals surface area contributed by atoms with Crippen molar-refractivity contribution < 1.29 is 13.3 Å². The molecule has 30 heavy (non-hydrogen) atoms. The van der Waals surface area contributed by atoms with Crippen molar-refractivity contribution in [1.29, 1.82) is 0 Å². The van der Waals surface area contributed by atoms with E-state index in [2.05, 4.69) is 0 Å². The fourth-order valence-electron chi connectivity index (χ4n) is 3.25. The van der Waals surface area contributed by atoms with Crippen molar-refractivity contribution >= 4 is 15.7 Å². The number of nitro benzene ring substituents is 1. The van der Waals surface area contributed by atoms with Crippen LogP contribution in [0, 0.1) is 16.0 Å². The van der Waals surface area contributed by atoms with Crippen LogP contribution in [0.2, 0.25) is 0 Å². The molecule has 0 fully saturated rings. The summed E-state index contributed by atoms with van der Waals surface area (Å²) in [5.41, 5.74) is 1.87. The number of nitro groups is 1. The lowest BCUT2D eigenvalue weighted by Crippen LogP contribution is -2.34. The molecule has 0 amide bonds. The molecule has 3 aromatic rings. The van der Waals surface area contributed by atoms with Crippen molar-refractivity contribution in [1.82, 2.24) is 8.87 Å². The third kappa shape index (κ3) is 5.14. The van der Waals surface area contributed by atoms with E-state index < -0.39 is 14.9 Å². The Balaban J connectivity index is 1.88. The molecule has 158 valence electrons. The van der Waals surface area contributed by atoms with E-state index in [0.717, 1.165) is 11.3 Å². The Labute approximate surface area is 176 Å². The number of hydrogen-bond donors (Lipinski definition) is 0. The van der Waals surface area contributed by atoms with Gasteiger partial charge in [-0.1, -0.05) is 44.2 Å². The number of nitrogens with zero attached hydrogens (tertiary/aromatic N) is 3. The molecule has 0 saturated carbocycles. The Morgan fingerprint density at radius 2 is 1.67 bits per heavy atom. The molecular weight excluding hydrogens is 402 g/mol. The standard InChI is InChI=1S/C22H25N3O4S/c1-18(2)15-24(30(28,29)22-12-10-20(11-13-22)25(26)27)17-21-9-6-14-23(21)16-19-7-4-3-5-8-19/h3-14,18H,15-17H2,1-2H3. The van der Waals surface area contributed by atoms with Crippen molar-refractivity contribution in [2.75, 3.05) is 6.54 Å². The van der Waals surface area contributed by atoms with Crippen LogP contribution in [0.1, 0.15) is 25.1 Å². The van der Waals surface area contributed by atoms with Gasteiger partial charge in [-0.3, -0.25) is 10.1 Å². The maximum atomic E-state index is 13.3. The molecule has 1 heterocycles. The van der Waals surface area contributed by atoms with Crippen LogP contribution in [-0.2, 0) is 23.1 Å². The fraction of sp³-hybridized carbons (Fsp3) is 0.273. The largest absolute Gasteiger partial charge is 0.346 e. The molecule has 0 aliphatic rings. The van der Waals surface area contributed by atoms with Crippen molar-refractivity contribution in [3.63, 3.8) is 0 Å². The Kier molecular flexibility index (Phi) is 6.69. The number of aromatic nitrogens is 1. The molecule has 1 aromatic heterocycles. The second-order valence-electron chi connectivity index (χ2n) is 7.56. The topological polar surface area (TPSA) is 85.5 Å². The van der Waals surface area contributed by atoms with Gasteiger partial charge in [0, 0.05) is 37.1 Å². The first kappa shape index (κ1) is 21.7. The normalized spacial score (nSPS) is 11.9. The average molecular weight is 428 g/mol. The number of hydrogen-bond acceptors (Lipinski definition) is 4. The van der Waals surface area contributed by atoms with Crippen molar-refractivity contribution in [3.8, 4) is 0 Å². The first-order chi connectivity index (χ1) is 14.3. The molecule has 0 aliphatic carbocycles. The van der Waals surface area contributed by atoms with Crippen LogP contribution in [0.3, 0.4) is 0 Å². The Morgan fingerprint density at radius 1 is 1.00 bits per heavy atom. The minimum Gasteiger partial charge on any atom is -0.346 e. The molecule has 0 N–H and O–H groups in total. The van der Waals surface area contributed by atoms with Crippen molar-refractivity contribution in [2.45, 2.75) is 31.8 Å². The number of benzene rings is 2. The SMILES string of the molecule is CC(C)CN(Cc1cccn1Cc1ccccc1)S(=O)(=O)c1ccc([N+](=O)[O-])cc1. The van der Waals surface area contributed by atoms with E-state index in [4.69, 9.17) is 0 Å². The van der Waals surface area contributed by atoms with Gasteiger partial charge < -0.3 is 4.57 Å². The molecule has 7 nitrogen and oxygen atoms in total. The fourth-order valence-corrected chi connectivity index (χ4v) is 4.83. The zero-order valence-corrected chi connectivity index (χ0v) is 17.8. The lowest BCUT2D eigenvalue weighted by molar-refractivity contribution is -0.384. The first-order valence-corrected chi connectivity index (χ1v) is 11.1. The van der Waals surface area contributed by atoms with Gasteiger partial charge in [-0.05, 0) is 35.7 Å². The Hall–Kier alpha value is -2.97. The summed E-state index contributed by atoms with van der Waals surface area (Å²) >= 11 is 0. The highest BCUT2D eigenvalue weighted by Gasteiger charge is 2.27. The van der Waals surface area contributed by atoms with Gasteiger partial charge in [0.25, 0.3) is 5.69 Å². The summed E-state index contributed by atoms with van der Waals surface area (Å²) < 4.78 is 30.1. The zero-order chi connectivity index (χ0) is 21.7. The molecule has 0 radical (unpaired) electrons. The van der Waals surface area contributed by atoms with Gasteiger partial charge >= 0.3 is 0 Å². The predicted octanol–water partition coefficient (Wildman–Crippen LogP) is 4.29. The minimum absolute atomic E-state index is 0.0508. The second kappa shape index (κ2) is 9.23.